The van der Waals surface area contributed by atoms with Crippen LogP contribution in [0.3, 0.4) is 0 Å². The van der Waals surface area contributed by atoms with Gasteiger partial charge >= 0.3 is 6.03 Å². The molecule has 0 radical (unpaired) electrons. The lowest BCUT2D eigenvalue weighted by Crippen LogP contribution is -2.43. The Kier molecular flexibility index (Phi) is 6.70. The van der Waals surface area contributed by atoms with Crippen molar-refractivity contribution in [2.45, 2.75) is 32.4 Å². The maximum atomic E-state index is 12.8. The zero-order valence-corrected chi connectivity index (χ0v) is 20.2. The molecule has 3 amide bonds. The lowest BCUT2D eigenvalue weighted by atomic mass is 9.94. The molecule has 3 N–H and O–H groups in total. The van der Waals surface area contributed by atoms with Gasteiger partial charge < -0.3 is 20.7 Å². The quantitative estimate of drug-likeness (QED) is 0.419. The summed E-state index contributed by atoms with van der Waals surface area (Å²) in [5.41, 5.74) is 3.51. The minimum Gasteiger partial charge on any atom is -0.489 e. The monoisotopic (exact) mass is 507 g/mol. The Labute approximate surface area is 201 Å². The highest BCUT2D eigenvalue weighted by Gasteiger charge is 2.24. The van der Waals surface area contributed by atoms with Crippen LogP contribution in [0.25, 0.3) is 0 Å². The van der Waals surface area contributed by atoms with Gasteiger partial charge in [-0.15, -0.1) is 0 Å². The number of carbonyl (C=O) groups excluding carboxylic acids is 2. The fourth-order valence-corrected chi connectivity index (χ4v) is 4.24. The summed E-state index contributed by atoms with van der Waals surface area (Å²) >= 11 is 3.50. The van der Waals surface area contributed by atoms with Crippen molar-refractivity contribution in [1.29, 1.82) is 0 Å². The predicted molar refractivity (Wildman–Crippen MR) is 133 cm³/mol. The van der Waals surface area contributed by atoms with E-state index in [0.29, 0.717) is 24.4 Å². The molecule has 0 atom stereocenters. The number of hydrogen-bond acceptors (Lipinski definition) is 3. The van der Waals surface area contributed by atoms with Crippen molar-refractivity contribution in [2.75, 3.05) is 11.9 Å². The van der Waals surface area contributed by atoms with Crippen molar-refractivity contribution in [3.05, 3.63) is 93.5 Å². The highest BCUT2D eigenvalue weighted by Crippen LogP contribution is 2.29. The second-order valence-electron chi connectivity index (χ2n) is 8.50. The van der Waals surface area contributed by atoms with E-state index in [-0.39, 0.29) is 11.9 Å². The molecule has 1 aliphatic rings. The predicted octanol–water partition coefficient (Wildman–Crippen LogP) is 5.37. The van der Waals surface area contributed by atoms with Crippen LogP contribution in [0.2, 0.25) is 0 Å². The van der Waals surface area contributed by atoms with Crippen molar-refractivity contribution >= 4 is 33.6 Å². The van der Waals surface area contributed by atoms with Crippen LogP contribution in [0.15, 0.2) is 71.2 Å². The van der Waals surface area contributed by atoms with Crippen molar-refractivity contribution in [1.82, 2.24) is 10.6 Å². The van der Waals surface area contributed by atoms with E-state index in [1.54, 1.807) is 6.07 Å². The van der Waals surface area contributed by atoms with E-state index in [1.807, 2.05) is 74.5 Å². The van der Waals surface area contributed by atoms with Crippen molar-refractivity contribution in [3.8, 4) is 5.75 Å². The molecule has 0 saturated carbocycles. The number of hydrogen-bond donors (Lipinski definition) is 3. The van der Waals surface area contributed by atoms with Crippen LogP contribution in [0.5, 0.6) is 5.75 Å². The summed E-state index contributed by atoms with van der Waals surface area (Å²) in [6.07, 6.45) is 0.768. The third-order valence-electron chi connectivity index (χ3n) is 5.62. The maximum Gasteiger partial charge on any atom is 0.319 e. The van der Waals surface area contributed by atoms with E-state index in [1.165, 1.54) is 0 Å². The Hall–Kier alpha value is -3.32. The Morgan fingerprint density at radius 3 is 2.55 bits per heavy atom. The van der Waals surface area contributed by atoms with Crippen LogP contribution < -0.4 is 20.7 Å². The molecule has 0 unspecified atom stereocenters. The largest absolute Gasteiger partial charge is 0.489 e. The minimum absolute atomic E-state index is 0.123. The number of benzene rings is 3. The molecule has 170 valence electrons. The van der Waals surface area contributed by atoms with Gasteiger partial charge in [-0.3, -0.25) is 4.79 Å². The molecule has 0 fully saturated rings. The van der Waals surface area contributed by atoms with Crippen LogP contribution in [-0.4, -0.2) is 18.5 Å². The molecule has 3 aromatic carbocycles. The second kappa shape index (κ2) is 9.67. The molecule has 0 aliphatic carbocycles. The molecule has 1 heterocycles. The van der Waals surface area contributed by atoms with Gasteiger partial charge in [0.25, 0.3) is 5.91 Å². The molecule has 33 heavy (non-hydrogen) atoms. The molecule has 1 aliphatic heterocycles. The zero-order chi connectivity index (χ0) is 23.4. The molecule has 6 nitrogen and oxygen atoms in total. The first-order chi connectivity index (χ1) is 15.8. The number of fused-ring (bicyclic) bond motifs is 1. The number of ether oxygens (including phenoxy) is 1. The number of halogens is 1. The van der Waals surface area contributed by atoms with Crippen molar-refractivity contribution in [2.24, 2.45) is 0 Å². The molecule has 3 aromatic rings. The van der Waals surface area contributed by atoms with E-state index in [0.717, 1.165) is 33.3 Å². The smallest absolute Gasteiger partial charge is 0.319 e. The topological polar surface area (TPSA) is 79.5 Å². The van der Waals surface area contributed by atoms with E-state index in [9.17, 15) is 9.59 Å². The molecule has 0 bridgehead atoms. The summed E-state index contributed by atoms with van der Waals surface area (Å²) in [7, 11) is 0. The number of anilines is 1. The fourth-order valence-electron chi connectivity index (χ4n) is 3.75. The van der Waals surface area contributed by atoms with Gasteiger partial charge in [-0.05, 0) is 77.2 Å². The molecule has 0 spiro atoms. The first-order valence-corrected chi connectivity index (χ1v) is 11.6. The van der Waals surface area contributed by atoms with E-state index < -0.39 is 5.54 Å². The summed E-state index contributed by atoms with van der Waals surface area (Å²) in [4.78, 5) is 24.9. The van der Waals surface area contributed by atoms with Crippen LogP contribution >= 0.6 is 15.9 Å². The summed E-state index contributed by atoms with van der Waals surface area (Å²) in [6.45, 7) is 4.98. The second-order valence-corrected chi connectivity index (χ2v) is 9.35. The third kappa shape index (κ3) is 5.54. The van der Waals surface area contributed by atoms with E-state index in [4.69, 9.17) is 4.74 Å². The average Bonchev–Trinajstić information content (AvgIpc) is 2.79. The summed E-state index contributed by atoms with van der Waals surface area (Å²) in [5, 5.41) is 8.69. The SMILES string of the molecule is CC(C)(NC(=O)Nc1cc2c(cc1Br)CCNC2=O)c1ccc(OCc2ccccc2)cc1. The summed E-state index contributed by atoms with van der Waals surface area (Å²) in [5.74, 6) is 0.640. The minimum atomic E-state index is -0.625. The number of urea groups is 1. The fraction of sp³-hybridized carbons (Fsp3) is 0.231. The Morgan fingerprint density at radius 2 is 1.82 bits per heavy atom. The van der Waals surface area contributed by atoms with E-state index >= 15 is 0 Å². The lowest BCUT2D eigenvalue weighted by molar-refractivity contribution is 0.0946. The van der Waals surface area contributed by atoms with E-state index in [2.05, 4.69) is 31.9 Å². The number of carbonyl (C=O) groups is 2. The van der Waals surface area contributed by atoms with Crippen molar-refractivity contribution in [3.63, 3.8) is 0 Å². The van der Waals surface area contributed by atoms with Gasteiger partial charge in [0.05, 0.1) is 11.2 Å². The van der Waals surface area contributed by atoms with Gasteiger partial charge in [0.15, 0.2) is 0 Å². The Balaban J connectivity index is 1.39. The Bertz CT molecular complexity index is 1160. The van der Waals surface area contributed by atoms with Crippen LogP contribution in [0.1, 0.15) is 40.9 Å². The first-order valence-electron chi connectivity index (χ1n) is 10.8. The van der Waals surface area contributed by atoms with Gasteiger partial charge in [-0.1, -0.05) is 42.5 Å². The molecule has 0 aromatic heterocycles. The Morgan fingerprint density at radius 1 is 1.09 bits per heavy atom. The van der Waals surface area contributed by atoms with Crippen LogP contribution in [0.4, 0.5) is 10.5 Å². The molecular formula is C26H26BrN3O3. The number of nitrogens with one attached hydrogen (secondary N) is 3. The van der Waals surface area contributed by atoms with Crippen LogP contribution in [0, 0.1) is 0 Å². The number of amides is 3. The molecular weight excluding hydrogens is 482 g/mol. The standard InChI is InChI=1S/C26H26BrN3O3/c1-26(2,19-8-10-20(11-9-19)33-16-17-6-4-3-5-7-17)30-25(32)29-23-15-21-18(14-22(23)27)12-13-28-24(21)31/h3-11,14-15H,12-13,16H2,1-2H3,(H,28,31)(H2,29,30,32). The molecule has 7 heteroatoms. The van der Waals surface area contributed by atoms with Crippen molar-refractivity contribution < 1.29 is 14.3 Å². The normalized spacial score (nSPS) is 13.0. The third-order valence-corrected chi connectivity index (χ3v) is 6.27. The highest BCUT2D eigenvalue weighted by atomic mass is 79.9. The van der Waals surface area contributed by atoms with Gasteiger partial charge in [-0.2, -0.15) is 0 Å². The molecule has 0 saturated heterocycles. The highest BCUT2D eigenvalue weighted by molar-refractivity contribution is 9.10. The van der Waals surface area contributed by atoms with Gasteiger partial charge in [-0.25, -0.2) is 4.79 Å². The van der Waals surface area contributed by atoms with Gasteiger partial charge in [0.2, 0.25) is 0 Å². The lowest BCUT2D eigenvalue weighted by Gasteiger charge is -2.27. The zero-order valence-electron chi connectivity index (χ0n) is 18.6. The maximum absolute atomic E-state index is 12.8. The van der Waals surface area contributed by atoms with Gasteiger partial charge in [0.1, 0.15) is 12.4 Å². The molecule has 4 rings (SSSR count). The average molecular weight is 508 g/mol. The van der Waals surface area contributed by atoms with Gasteiger partial charge in [0, 0.05) is 16.6 Å². The first kappa shape index (κ1) is 22.9. The van der Waals surface area contributed by atoms with Crippen LogP contribution in [-0.2, 0) is 18.6 Å². The summed E-state index contributed by atoms with van der Waals surface area (Å²) < 4.78 is 6.59. The number of rotatable bonds is 6. The summed E-state index contributed by atoms with van der Waals surface area (Å²) in [6, 6.07) is 20.9.